The standard InChI is InChI=1S/C20H28FN5O3S/c1-11(2)23-8-5-9-24-20(28)25-19-15(17(22)27)18(26-30-19)29-10-14-7-6-12(3)16(21)13(14)4/h6-7,11,23H,5,8-10H2,1-4H3,(H2,22,27)(H2,24,25,28). The molecule has 1 aromatic carbocycles. The van der Waals surface area contributed by atoms with Crippen molar-refractivity contribution in [2.75, 3.05) is 18.4 Å². The number of primary amides is 1. The minimum atomic E-state index is -0.776. The molecule has 30 heavy (non-hydrogen) atoms. The van der Waals surface area contributed by atoms with Gasteiger partial charge in [0, 0.05) is 12.6 Å². The zero-order valence-electron chi connectivity index (χ0n) is 17.6. The van der Waals surface area contributed by atoms with Crippen molar-refractivity contribution in [1.82, 2.24) is 15.0 Å². The molecule has 5 N–H and O–H groups in total. The third-order valence-electron chi connectivity index (χ3n) is 4.38. The van der Waals surface area contributed by atoms with E-state index in [2.05, 4.69) is 20.3 Å². The Morgan fingerprint density at radius 2 is 2.00 bits per heavy atom. The lowest BCUT2D eigenvalue weighted by Gasteiger charge is -2.11. The van der Waals surface area contributed by atoms with Crippen molar-refractivity contribution in [3.8, 4) is 5.88 Å². The molecule has 0 saturated carbocycles. The molecule has 1 heterocycles. The second kappa shape index (κ2) is 10.9. The van der Waals surface area contributed by atoms with Gasteiger partial charge in [-0.25, -0.2) is 9.18 Å². The largest absolute Gasteiger partial charge is 0.472 e. The average molecular weight is 438 g/mol. The number of hydrogen-bond donors (Lipinski definition) is 4. The summed E-state index contributed by atoms with van der Waals surface area (Å²) in [4.78, 5) is 24.0. The fourth-order valence-corrected chi connectivity index (χ4v) is 3.40. The molecule has 2 aromatic rings. The van der Waals surface area contributed by atoms with E-state index in [1.54, 1.807) is 26.0 Å². The first-order chi connectivity index (χ1) is 14.2. The SMILES string of the molecule is Cc1ccc(COc2nsc(NC(=O)NCCCNC(C)C)c2C(N)=O)c(C)c1F. The van der Waals surface area contributed by atoms with Crippen molar-refractivity contribution < 1.29 is 18.7 Å². The number of carbonyl (C=O) groups is 2. The first-order valence-corrected chi connectivity index (χ1v) is 10.4. The topological polar surface area (TPSA) is 118 Å². The molecule has 0 aliphatic heterocycles. The van der Waals surface area contributed by atoms with Crippen molar-refractivity contribution in [2.45, 2.75) is 46.8 Å². The van der Waals surface area contributed by atoms with Crippen LogP contribution >= 0.6 is 11.5 Å². The van der Waals surface area contributed by atoms with Gasteiger partial charge in [-0.15, -0.1) is 0 Å². The summed E-state index contributed by atoms with van der Waals surface area (Å²) in [6, 6.07) is 3.33. The molecule has 0 bridgehead atoms. The van der Waals surface area contributed by atoms with Crippen LogP contribution in [0.25, 0.3) is 0 Å². The zero-order chi connectivity index (χ0) is 22.3. The minimum absolute atomic E-state index is 0.00400. The van der Waals surface area contributed by atoms with E-state index in [1.807, 2.05) is 13.8 Å². The van der Waals surface area contributed by atoms with Crippen LogP contribution in [0.15, 0.2) is 12.1 Å². The number of ether oxygens (including phenoxy) is 1. The van der Waals surface area contributed by atoms with Gasteiger partial charge >= 0.3 is 6.03 Å². The lowest BCUT2D eigenvalue weighted by Crippen LogP contribution is -2.32. The minimum Gasteiger partial charge on any atom is -0.472 e. The Bertz CT molecular complexity index is 901. The number of aromatic nitrogens is 1. The van der Waals surface area contributed by atoms with E-state index in [9.17, 15) is 14.0 Å². The predicted molar refractivity (Wildman–Crippen MR) is 116 cm³/mol. The molecule has 3 amide bonds. The van der Waals surface area contributed by atoms with Crippen molar-refractivity contribution in [2.24, 2.45) is 5.73 Å². The molecular formula is C20H28FN5O3S. The average Bonchev–Trinajstić information content (AvgIpc) is 3.07. The maximum Gasteiger partial charge on any atom is 0.319 e. The highest BCUT2D eigenvalue weighted by Crippen LogP contribution is 2.31. The molecule has 0 saturated heterocycles. The smallest absolute Gasteiger partial charge is 0.319 e. The Labute approximate surface area is 179 Å². The number of nitrogens with two attached hydrogens (primary N) is 1. The molecule has 1 aromatic heterocycles. The quantitative estimate of drug-likeness (QED) is 0.426. The number of halogens is 1. The summed E-state index contributed by atoms with van der Waals surface area (Å²) in [5.41, 5.74) is 7.08. The number of hydrogen-bond acceptors (Lipinski definition) is 6. The molecule has 0 fully saturated rings. The molecular weight excluding hydrogens is 409 g/mol. The number of carbonyl (C=O) groups excluding carboxylic acids is 2. The van der Waals surface area contributed by atoms with Crippen molar-refractivity contribution in [1.29, 1.82) is 0 Å². The van der Waals surface area contributed by atoms with Crippen molar-refractivity contribution in [3.63, 3.8) is 0 Å². The highest BCUT2D eigenvalue weighted by molar-refractivity contribution is 7.11. The molecule has 2 rings (SSSR count). The summed E-state index contributed by atoms with van der Waals surface area (Å²) in [7, 11) is 0. The van der Waals surface area contributed by atoms with Gasteiger partial charge in [0.2, 0.25) is 5.88 Å². The molecule has 164 valence electrons. The van der Waals surface area contributed by atoms with Crippen LogP contribution in [0, 0.1) is 19.7 Å². The van der Waals surface area contributed by atoms with Crippen LogP contribution in [0.2, 0.25) is 0 Å². The fourth-order valence-electron chi connectivity index (χ4n) is 2.67. The van der Waals surface area contributed by atoms with Crippen molar-refractivity contribution >= 4 is 28.5 Å². The summed E-state index contributed by atoms with van der Waals surface area (Å²) < 4.78 is 23.7. The van der Waals surface area contributed by atoms with Gasteiger partial charge in [0.1, 0.15) is 23.0 Å². The maximum atomic E-state index is 14.1. The Morgan fingerprint density at radius 1 is 1.27 bits per heavy atom. The lowest BCUT2D eigenvalue weighted by molar-refractivity contribution is 0.0996. The number of amides is 3. The fraction of sp³-hybridized carbons (Fsp3) is 0.450. The van der Waals surface area contributed by atoms with E-state index in [-0.39, 0.29) is 28.9 Å². The maximum absolute atomic E-state index is 14.1. The number of rotatable bonds is 10. The highest BCUT2D eigenvalue weighted by atomic mass is 32.1. The summed E-state index contributed by atoms with van der Waals surface area (Å²) in [5, 5.41) is 8.74. The van der Waals surface area contributed by atoms with E-state index in [1.165, 1.54) is 0 Å². The molecule has 8 nitrogen and oxygen atoms in total. The van der Waals surface area contributed by atoms with E-state index in [0.717, 1.165) is 24.5 Å². The third kappa shape index (κ3) is 6.39. The Kier molecular flexibility index (Phi) is 8.55. The third-order valence-corrected chi connectivity index (χ3v) is 5.13. The van der Waals surface area contributed by atoms with Crippen LogP contribution in [0.5, 0.6) is 5.88 Å². The lowest BCUT2D eigenvalue weighted by atomic mass is 10.1. The Balaban J connectivity index is 1.99. The summed E-state index contributed by atoms with van der Waals surface area (Å²) in [5.74, 6) is -1.07. The normalized spacial score (nSPS) is 10.9. The number of urea groups is 1. The van der Waals surface area contributed by atoms with Crippen LogP contribution in [0.4, 0.5) is 14.2 Å². The van der Waals surface area contributed by atoms with Gasteiger partial charge in [0.25, 0.3) is 5.91 Å². The monoisotopic (exact) mass is 437 g/mol. The van der Waals surface area contributed by atoms with Crippen LogP contribution in [-0.2, 0) is 6.61 Å². The van der Waals surface area contributed by atoms with Crippen LogP contribution in [0.1, 0.15) is 47.3 Å². The molecule has 0 unspecified atom stereocenters. The van der Waals surface area contributed by atoms with Gasteiger partial charge in [0.15, 0.2) is 0 Å². The number of aryl methyl sites for hydroxylation is 1. The Hall–Kier alpha value is -2.72. The van der Waals surface area contributed by atoms with Crippen LogP contribution < -0.4 is 26.4 Å². The summed E-state index contributed by atoms with van der Waals surface area (Å²) in [6.07, 6.45) is 0.762. The second-order valence-corrected chi connectivity index (χ2v) is 7.94. The van der Waals surface area contributed by atoms with Gasteiger partial charge in [-0.3, -0.25) is 10.1 Å². The molecule has 0 atom stereocenters. The molecule has 0 radical (unpaired) electrons. The molecule has 10 heteroatoms. The van der Waals surface area contributed by atoms with Gasteiger partial charge in [-0.05, 0) is 55.0 Å². The summed E-state index contributed by atoms with van der Waals surface area (Å²) >= 11 is 0.891. The van der Waals surface area contributed by atoms with Gasteiger partial charge in [-0.2, -0.15) is 4.37 Å². The number of nitrogens with one attached hydrogen (secondary N) is 3. The highest BCUT2D eigenvalue weighted by Gasteiger charge is 2.22. The van der Waals surface area contributed by atoms with E-state index < -0.39 is 11.9 Å². The second-order valence-electron chi connectivity index (χ2n) is 7.17. The molecule has 0 spiro atoms. The molecule has 0 aliphatic rings. The van der Waals surface area contributed by atoms with Gasteiger partial charge in [0.05, 0.1) is 0 Å². The van der Waals surface area contributed by atoms with Crippen LogP contribution in [0.3, 0.4) is 0 Å². The molecule has 0 aliphatic carbocycles. The predicted octanol–water partition coefficient (Wildman–Crippen LogP) is 3.09. The summed E-state index contributed by atoms with van der Waals surface area (Å²) in [6.45, 7) is 8.70. The van der Waals surface area contributed by atoms with E-state index >= 15 is 0 Å². The van der Waals surface area contributed by atoms with E-state index in [4.69, 9.17) is 10.5 Å². The number of benzene rings is 1. The van der Waals surface area contributed by atoms with Crippen molar-refractivity contribution in [3.05, 3.63) is 40.2 Å². The van der Waals surface area contributed by atoms with Gasteiger partial charge < -0.3 is 21.1 Å². The van der Waals surface area contributed by atoms with Gasteiger partial charge in [-0.1, -0.05) is 26.0 Å². The van der Waals surface area contributed by atoms with Crippen LogP contribution in [-0.4, -0.2) is 35.4 Å². The number of nitrogens with zero attached hydrogens (tertiary/aromatic N) is 1. The zero-order valence-corrected chi connectivity index (χ0v) is 18.4. The first-order valence-electron chi connectivity index (χ1n) is 9.65. The first kappa shape index (κ1) is 23.6. The number of anilines is 1. The Morgan fingerprint density at radius 3 is 2.67 bits per heavy atom. The van der Waals surface area contributed by atoms with E-state index in [0.29, 0.717) is 29.3 Å².